The van der Waals surface area contributed by atoms with Crippen molar-refractivity contribution in [2.24, 2.45) is 0 Å². The highest BCUT2D eigenvalue weighted by atomic mass is 28.3. The average molecular weight is 329 g/mol. The summed E-state index contributed by atoms with van der Waals surface area (Å²) in [6, 6.07) is 1.37. The first-order chi connectivity index (χ1) is 10.8. The van der Waals surface area contributed by atoms with Crippen LogP contribution in [0.3, 0.4) is 0 Å². The van der Waals surface area contributed by atoms with Crippen LogP contribution in [0.5, 0.6) is 0 Å². The van der Waals surface area contributed by atoms with Crippen molar-refractivity contribution < 1.29 is 4.43 Å². The van der Waals surface area contributed by atoms with Gasteiger partial charge in [-0.1, -0.05) is 110 Å². The number of hydrogen-bond acceptors (Lipinski definition) is 1. The van der Waals surface area contributed by atoms with Crippen molar-refractivity contribution >= 4 is 9.04 Å². The molecule has 0 aliphatic rings. The fraction of sp³-hybridized carbons (Fsp3) is 1.00. The normalized spacial score (nSPS) is 12.7. The van der Waals surface area contributed by atoms with Crippen LogP contribution in [0.2, 0.25) is 12.6 Å². The van der Waals surface area contributed by atoms with Crippen molar-refractivity contribution in [3.63, 3.8) is 0 Å². The monoisotopic (exact) mass is 328 g/mol. The highest BCUT2D eigenvalue weighted by Crippen LogP contribution is 2.14. The molecule has 0 bridgehead atoms. The van der Waals surface area contributed by atoms with Crippen LogP contribution in [0.25, 0.3) is 0 Å². The zero-order valence-corrected chi connectivity index (χ0v) is 17.2. The van der Waals surface area contributed by atoms with Crippen molar-refractivity contribution in [2.75, 3.05) is 7.11 Å². The van der Waals surface area contributed by atoms with Crippen molar-refractivity contribution in [3.05, 3.63) is 0 Å². The van der Waals surface area contributed by atoms with Crippen molar-refractivity contribution in [3.8, 4) is 0 Å². The standard InChI is InChI=1S/C20H44OSi/c1-4-5-6-7-8-9-10-11-12-13-14-15-16-17-18-19-20-22(3)21-2/h22H,4-20H2,1-3H3. The average Bonchev–Trinajstić information content (AvgIpc) is 2.54. The largest absolute Gasteiger partial charge is 0.423 e. The molecule has 1 nitrogen and oxygen atoms in total. The Hall–Kier alpha value is 0.177. The lowest BCUT2D eigenvalue weighted by Crippen LogP contribution is -2.08. The van der Waals surface area contributed by atoms with Crippen molar-refractivity contribution in [1.29, 1.82) is 0 Å². The molecule has 1 atom stereocenters. The first kappa shape index (κ1) is 22.2. The minimum atomic E-state index is -0.774. The third-order valence-electron chi connectivity index (χ3n) is 4.87. The van der Waals surface area contributed by atoms with Gasteiger partial charge < -0.3 is 4.43 Å². The van der Waals surface area contributed by atoms with E-state index in [0.717, 1.165) is 0 Å². The molecule has 1 unspecified atom stereocenters. The molecule has 0 spiro atoms. The maximum absolute atomic E-state index is 5.41. The third-order valence-corrected chi connectivity index (χ3v) is 6.89. The van der Waals surface area contributed by atoms with Gasteiger partial charge in [-0.15, -0.1) is 0 Å². The molecule has 0 aliphatic carbocycles. The fourth-order valence-corrected chi connectivity index (χ4v) is 4.20. The maximum Gasteiger partial charge on any atom is 0.173 e. The van der Waals surface area contributed by atoms with Crippen molar-refractivity contribution in [1.82, 2.24) is 0 Å². The predicted octanol–water partition coefficient (Wildman–Crippen LogP) is 7.25. The number of rotatable bonds is 18. The summed E-state index contributed by atoms with van der Waals surface area (Å²) in [4.78, 5) is 0. The molecule has 0 aromatic rings. The van der Waals surface area contributed by atoms with Crippen LogP contribution in [-0.2, 0) is 4.43 Å². The molecule has 0 saturated carbocycles. The third kappa shape index (κ3) is 18.2. The van der Waals surface area contributed by atoms with Crippen LogP contribution >= 0.6 is 0 Å². The zero-order valence-electron chi connectivity index (χ0n) is 16.0. The molecule has 0 saturated heterocycles. The second-order valence-electron chi connectivity index (χ2n) is 7.14. The van der Waals surface area contributed by atoms with Gasteiger partial charge in [0.2, 0.25) is 0 Å². The van der Waals surface area contributed by atoms with Crippen LogP contribution in [0, 0.1) is 0 Å². The van der Waals surface area contributed by atoms with Crippen LogP contribution in [0.1, 0.15) is 110 Å². The maximum atomic E-state index is 5.41. The van der Waals surface area contributed by atoms with E-state index in [1.54, 1.807) is 0 Å². The van der Waals surface area contributed by atoms with Crippen LogP contribution < -0.4 is 0 Å². The van der Waals surface area contributed by atoms with E-state index < -0.39 is 9.04 Å². The van der Waals surface area contributed by atoms with E-state index in [-0.39, 0.29) is 0 Å². The zero-order chi connectivity index (χ0) is 16.3. The summed E-state index contributed by atoms with van der Waals surface area (Å²) in [6.07, 6.45) is 23.3. The van der Waals surface area contributed by atoms with Gasteiger partial charge in [0.1, 0.15) is 0 Å². The molecule has 0 N–H and O–H groups in total. The minimum Gasteiger partial charge on any atom is -0.423 e. The molecule has 0 amide bonds. The van der Waals surface area contributed by atoms with Gasteiger partial charge in [-0.2, -0.15) is 0 Å². The van der Waals surface area contributed by atoms with Crippen LogP contribution in [0.4, 0.5) is 0 Å². The Kier molecular flexibility index (Phi) is 19.4. The minimum absolute atomic E-state index is 0.774. The summed E-state index contributed by atoms with van der Waals surface area (Å²) in [5, 5.41) is 0. The van der Waals surface area contributed by atoms with Gasteiger partial charge in [0.05, 0.1) is 0 Å². The van der Waals surface area contributed by atoms with Gasteiger partial charge >= 0.3 is 0 Å². The molecule has 0 rings (SSSR count). The highest BCUT2D eigenvalue weighted by molar-refractivity contribution is 6.50. The molecule has 0 radical (unpaired) electrons. The first-order valence-corrected chi connectivity index (χ1v) is 12.8. The van der Waals surface area contributed by atoms with Gasteiger partial charge in [-0.3, -0.25) is 0 Å². The second-order valence-corrected chi connectivity index (χ2v) is 9.81. The SMILES string of the molecule is CCCCCCCCCCCCCCCCCC[SiH](C)OC. The molecule has 0 heterocycles. The fourth-order valence-electron chi connectivity index (χ4n) is 3.10. The molecule has 0 aliphatic heterocycles. The van der Waals surface area contributed by atoms with E-state index in [1.807, 2.05) is 7.11 Å². The van der Waals surface area contributed by atoms with Gasteiger partial charge in [0.15, 0.2) is 9.04 Å². The molecule has 2 heteroatoms. The summed E-state index contributed by atoms with van der Waals surface area (Å²) in [6.45, 7) is 4.61. The van der Waals surface area contributed by atoms with Crippen LogP contribution in [0.15, 0.2) is 0 Å². The molecule has 0 aromatic carbocycles. The van der Waals surface area contributed by atoms with Gasteiger partial charge in [-0.25, -0.2) is 0 Å². The Bertz CT molecular complexity index is 196. The van der Waals surface area contributed by atoms with E-state index in [9.17, 15) is 0 Å². The molecular formula is C20H44OSi. The number of unbranched alkanes of at least 4 members (excludes halogenated alkanes) is 15. The van der Waals surface area contributed by atoms with E-state index >= 15 is 0 Å². The Morgan fingerprint density at radius 2 is 0.864 bits per heavy atom. The smallest absolute Gasteiger partial charge is 0.173 e. The molecule has 0 aromatic heterocycles. The van der Waals surface area contributed by atoms with E-state index in [4.69, 9.17) is 4.43 Å². The lowest BCUT2D eigenvalue weighted by Gasteiger charge is -2.06. The first-order valence-electron chi connectivity index (χ1n) is 10.3. The molecule has 134 valence electrons. The predicted molar refractivity (Wildman–Crippen MR) is 104 cm³/mol. The Morgan fingerprint density at radius 1 is 0.545 bits per heavy atom. The quantitative estimate of drug-likeness (QED) is 0.190. The van der Waals surface area contributed by atoms with Crippen molar-refractivity contribution in [2.45, 2.75) is 122 Å². The van der Waals surface area contributed by atoms with Gasteiger partial charge in [0.25, 0.3) is 0 Å². The van der Waals surface area contributed by atoms with Gasteiger partial charge in [0, 0.05) is 7.11 Å². The highest BCUT2D eigenvalue weighted by Gasteiger charge is 2.01. The van der Waals surface area contributed by atoms with E-state index in [0.29, 0.717) is 0 Å². The summed E-state index contributed by atoms with van der Waals surface area (Å²) in [5.74, 6) is 0. The Morgan fingerprint density at radius 3 is 1.18 bits per heavy atom. The van der Waals surface area contributed by atoms with E-state index in [2.05, 4.69) is 13.5 Å². The summed E-state index contributed by atoms with van der Waals surface area (Å²) >= 11 is 0. The molecular weight excluding hydrogens is 284 g/mol. The van der Waals surface area contributed by atoms with E-state index in [1.165, 1.54) is 109 Å². The summed E-state index contributed by atoms with van der Waals surface area (Å²) in [5.41, 5.74) is 0. The van der Waals surface area contributed by atoms with Crippen LogP contribution in [-0.4, -0.2) is 16.2 Å². The summed E-state index contributed by atoms with van der Waals surface area (Å²) < 4.78 is 5.41. The lowest BCUT2D eigenvalue weighted by atomic mass is 10.0. The lowest BCUT2D eigenvalue weighted by molar-refractivity contribution is 0.421. The summed E-state index contributed by atoms with van der Waals surface area (Å²) in [7, 11) is 1.10. The second kappa shape index (κ2) is 19.2. The Labute approximate surface area is 143 Å². The Balaban J connectivity index is 2.97. The molecule has 22 heavy (non-hydrogen) atoms. The van der Waals surface area contributed by atoms with Gasteiger partial charge in [-0.05, 0) is 12.6 Å². The number of hydrogen-bond donors (Lipinski definition) is 0. The topological polar surface area (TPSA) is 9.23 Å². The molecule has 0 fully saturated rings.